The van der Waals surface area contributed by atoms with Gasteiger partial charge >= 0.3 is 5.97 Å². The third-order valence-corrected chi connectivity index (χ3v) is 10.3. The Labute approximate surface area is 284 Å². The Morgan fingerprint density at radius 2 is 1.65 bits per heavy atom. The number of likely N-dealkylation sites (tertiary alicyclic amines) is 1. The molecule has 48 heavy (non-hydrogen) atoms. The average Bonchev–Trinajstić information content (AvgIpc) is 3.30. The Balaban J connectivity index is 1.15. The number of aliphatic hydroxyl groups excluding tert-OH is 1. The van der Waals surface area contributed by atoms with E-state index in [0.717, 1.165) is 52.9 Å². The number of carboxylic acid groups (broad SMARTS) is 1. The summed E-state index contributed by atoms with van der Waals surface area (Å²) in [5.41, 5.74) is 6.75. The summed E-state index contributed by atoms with van der Waals surface area (Å²) in [7, 11) is 0. The van der Waals surface area contributed by atoms with Gasteiger partial charge in [-0.05, 0) is 70.4 Å². The molecule has 8 heteroatoms. The second-order valence-electron chi connectivity index (χ2n) is 15.3. The molecule has 0 spiro atoms. The quantitative estimate of drug-likeness (QED) is 0.190. The molecule has 3 fully saturated rings. The van der Waals surface area contributed by atoms with E-state index in [4.69, 9.17) is 14.6 Å². The Kier molecular flexibility index (Phi) is 10.4. The number of carbonyl (C=O) groups excluding carboxylic acids is 1. The number of fused-ring (bicyclic) bond motifs is 2. The van der Waals surface area contributed by atoms with Gasteiger partial charge in [-0.1, -0.05) is 87.5 Å². The predicted molar refractivity (Wildman–Crippen MR) is 185 cm³/mol. The van der Waals surface area contributed by atoms with E-state index >= 15 is 0 Å². The van der Waals surface area contributed by atoms with E-state index in [0.29, 0.717) is 29.8 Å². The number of benzene rings is 3. The zero-order valence-electron chi connectivity index (χ0n) is 28.5. The van der Waals surface area contributed by atoms with Gasteiger partial charge in [-0.3, -0.25) is 14.5 Å². The maximum absolute atomic E-state index is 12.2. The van der Waals surface area contributed by atoms with Crippen LogP contribution < -0.4 is 5.32 Å². The normalized spacial score (nSPS) is 26.7. The van der Waals surface area contributed by atoms with Crippen LogP contribution in [0.15, 0.2) is 72.8 Å². The fourth-order valence-corrected chi connectivity index (χ4v) is 8.47. The van der Waals surface area contributed by atoms with Crippen LogP contribution in [0.5, 0.6) is 0 Å². The number of ether oxygens (including phenoxy) is 2. The molecule has 3 N–H and O–H groups in total. The highest BCUT2D eigenvalue weighted by molar-refractivity contribution is 5.76. The Morgan fingerprint density at radius 1 is 0.896 bits per heavy atom. The van der Waals surface area contributed by atoms with E-state index in [9.17, 15) is 14.7 Å². The van der Waals surface area contributed by atoms with E-state index in [-0.39, 0.29) is 37.6 Å². The summed E-state index contributed by atoms with van der Waals surface area (Å²) >= 11 is 0. The third kappa shape index (κ3) is 8.53. The minimum absolute atomic E-state index is 0.00818. The maximum Gasteiger partial charge on any atom is 0.303 e. The molecule has 1 amide bonds. The molecule has 3 aliphatic rings. The van der Waals surface area contributed by atoms with E-state index in [1.54, 1.807) is 0 Å². The fourth-order valence-electron chi connectivity index (χ4n) is 8.47. The Morgan fingerprint density at radius 3 is 2.38 bits per heavy atom. The monoisotopic (exact) mass is 654 g/mol. The summed E-state index contributed by atoms with van der Waals surface area (Å²) in [4.78, 5) is 25.6. The van der Waals surface area contributed by atoms with Crippen LogP contribution in [0.2, 0.25) is 0 Å². The minimum Gasteiger partial charge on any atom is -0.481 e. The van der Waals surface area contributed by atoms with Crippen LogP contribution >= 0.6 is 0 Å². The van der Waals surface area contributed by atoms with E-state index in [2.05, 4.69) is 79.5 Å². The number of hydrogen-bond acceptors (Lipinski definition) is 6. The number of hydrogen-bond donors (Lipinski definition) is 3. The second-order valence-corrected chi connectivity index (χ2v) is 15.3. The molecule has 3 aromatic rings. The summed E-state index contributed by atoms with van der Waals surface area (Å²) < 4.78 is 13.4. The van der Waals surface area contributed by atoms with Crippen LogP contribution in [0, 0.1) is 10.8 Å². The molecule has 0 aromatic heterocycles. The van der Waals surface area contributed by atoms with Gasteiger partial charge < -0.3 is 25.0 Å². The first-order valence-electron chi connectivity index (χ1n) is 17.4. The molecular formula is C40H50N2O6. The molecule has 2 bridgehead atoms. The fraction of sp³-hybridized carbons (Fsp3) is 0.500. The maximum atomic E-state index is 12.2. The summed E-state index contributed by atoms with van der Waals surface area (Å²) in [6, 6.07) is 25.1. The lowest BCUT2D eigenvalue weighted by molar-refractivity contribution is -0.253. The lowest BCUT2D eigenvalue weighted by Gasteiger charge is -2.41. The highest BCUT2D eigenvalue weighted by Gasteiger charge is 2.50. The number of rotatable bonds is 12. The van der Waals surface area contributed by atoms with Crippen molar-refractivity contribution in [3.63, 3.8) is 0 Å². The van der Waals surface area contributed by atoms with Gasteiger partial charge in [0.15, 0.2) is 6.29 Å². The van der Waals surface area contributed by atoms with Crippen molar-refractivity contribution in [2.45, 2.75) is 103 Å². The van der Waals surface area contributed by atoms with Gasteiger partial charge in [0.1, 0.15) is 0 Å². The third-order valence-electron chi connectivity index (χ3n) is 10.3. The first kappa shape index (κ1) is 34.3. The number of aliphatic carboxylic acids is 1. The van der Waals surface area contributed by atoms with Gasteiger partial charge in [-0.2, -0.15) is 0 Å². The van der Waals surface area contributed by atoms with Crippen LogP contribution in [0.3, 0.4) is 0 Å². The summed E-state index contributed by atoms with van der Waals surface area (Å²) in [6.45, 7) is 9.70. The van der Waals surface area contributed by atoms with Crippen LogP contribution in [0.25, 0.3) is 11.1 Å². The van der Waals surface area contributed by atoms with E-state index in [1.165, 1.54) is 19.3 Å². The first-order valence-corrected chi connectivity index (χ1v) is 17.4. The molecule has 2 heterocycles. The first-order chi connectivity index (χ1) is 23.0. The standard InChI is InChI=1S/C40H50N2O6/c1-39(2)20-33-21-40(3,25-39)26-42(33)23-34-19-35(30-12-10-27(24-43)11-13-30)48-38(47-34)31-16-14-29(15-17-31)32-7-4-6-28(18-32)22-41-36(44)8-5-9-37(45)46/h4,6-7,10-18,33-35,38,43H,5,8-9,19-26H2,1-3H3,(H,41,44)(H,45,46). The number of carboxylic acids is 1. The number of nitrogens with one attached hydrogen (secondary N) is 1. The molecule has 6 rings (SSSR count). The minimum atomic E-state index is -0.890. The molecule has 0 radical (unpaired) electrons. The van der Waals surface area contributed by atoms with Gasteiger partial charge in [0.25, 0.3) is 0 Å². The van der Waals surface area contributed by atoms with Crippen molar-refractivity contribution in [1.29, 1.82) is 0 Å². The van der Waals surface area contributed by atoms with Gasteiger partial charge in [0.2, 0.25) is 5.91 Å². The second kappa shape index (κ2) is 14.5. The van der Waals surface area contributed by atoms with E-state index in [1.807, 2.05) is 24.3 Å². The molecule has 256 valence electrons. The summed E-state index contributed by atoms with van der Waals surface area (Å²) in [5, 5.41) is 21.3. The van der Waals surface area contributed by atoms with Crippen molar-refractivity contribution in [2.24, 2.45) is 10.8 Å². The molecule has 5 atom stereocenters. The lowest BCUT2D eigenvalue weighted by Crippen LogP contribution is -2.42. The Bertz CT molecular complexity index is 1570. The number of nitrogens with zero attached hydrogens (tertiary/aromatic N) is 1. The SMILES string of the molecule is CC1(C)CC2CC(C)(CN2CC2CC(c3ccc(CO)cc3)OC(c3ccc(-c4cccc(CNC(=O)CCCC(=O)O)c4)cc3)O2)C1. The molecule has 1 aliphatic carbocycles. The Hall–Kier alpha value is -3.56. The van der Waals surface area contributed by atoms with Crippen molar-refractivity contribution < 1.29 is 29.3 Å². The lowest BCUT2D eigenvalue weighted by atomic mass is 9.65. The van der Waals surface area contributed by atoms with Gasteiger partial charge in [-0.25, -0.2) is 0 Å². The summed E-state index contributed by atoms with van der Waals surface area (Å²) in [6.07, 6.45) is 4.45. The predicted octanol–water partition coefficient (Wildman–Crippen LogP) is 7.16. The van der Waals surface area contributed by atoms with Crippen LogP contribution in [0.1, 0.15) is 100 Å². The molecule has 1 saturated carbocycles. The van der Waals surface area contributed by atoms with Crippen molar-refractivity contribution >= 4 is 11.9 Å². The van der Waals surface area contributed by atoms with Gasteiger partial charge in [0.05, 0.1) is 18.8 Å². The van der Waals surface area contributed by atoms with Gasteiger partial charge in [-0.15, -0.1) is 0 Å². The van der Waals surface area contributed by atoms with Crippen LogP contribution in [-0.4, -0.2) is 52.2 Å². The van der Waals surface area contributed by atoms with Crippen molar-refractivity contribution in [3.05, 3.63) is 95.1 Å². The summed E-state index contributed by atoms with van der Waals surface area (Å²) in [5.74, 6) is -1.04. The zero-order valence-corrected chi connectivity index (χ0v) is 28.5. The zero-order chi connectivity index (χ0) is 33.9. The van der Waals surface area contributed by atoms with E-state index < -0.39 is 12.3 Å². The number of amides is 1. The van der Waals surface area contributed by atoms with Crippen molar-refractivity contribution in [1.82, 2.24) is 10.2 Å². The molecule has 8 nitrogen and oxygen atoms in total. The largest absolute Gasteiger partial charge is 0.481 e. The van der Waals surface area contributed by atoms with Crippen LogP contribution in [0.4, 0.5) is 0 Å². The molecule has 3 aromatic carbocycles. The topological polar surface area (TPSA) is 108 Å². The smallest absolute Gasteiger partial charge is 0.303 e. The molecule has 2 saturated heterocycles. The molecular weight excluding hydrogens is 604 g/mol. The number of aliphatic hydroxyl groups is 1. The highest BCUT2D eigenvalue weighted by Crippen LogP contribution is 2.53. The van der Waals surface area contributed by atoms with Crippen molar-refractivity contribution in [3.8, 4) is 11.1 Å². The molecule has 2 aliphatic heterocycles. The average molecular weight is 655 g/mol. The number of carbonyl (C=O) groups is 2. The van der Waals surface area contributed by atoms with Crippen molar-refractivity contribution in [2.75, 3.05) is 13.1 Å². The molecule has 5 unspecified atom stereocenters. The van der Waals surface area contributed by atoms with Gasteiger partial charge in [0, 0.05) is 50.5 Å². The van der Waals surface area contributed by atoms with Crippen LogP contribution in [-0.2, 0) is 32.2 Å². The highest BCUT2D eigenvalue weighted by atomic mass is 16.7.